The van der Waals surface area contributed by atoms with Gasteiger partial charge in [0.1, 0.15) is 12.4 Å². The van der Waals surface area contributed by atoms with Gasteiger partial charge in [0, 0.05) is 5.56 Å². The molecule has 5 nitrogen and oxygen atoms in total. The standard InChI is InChI=1S/C20H22O5/c1-4-24-18(21)12-15-8-10-17(11-9-15)25-13-16-7-5-6-14(2)19(16)20(22)23-3/h5-11H,4,12-13H2,1-3H3. The number of esters is 2. The van der Waals surface area contributed by atoms with Crippen molar-refractivity contribution < 1.29 is 23.8 Å². The van der Waals surface area contributed by atoms with E-state index < -0.39 is 0 Å². The van der Waals surface area contributed by atoms with Crippen LogP contribution in [0.1, 0.15) is 34.0 Å². The molecule has 0 saturated heterocycles. The van der Waals surface area contributed by atoms with Gasteiger partial charge in [-0.15, -0.1) is 0 Å². The van der Waals surface area contributed by atoms with Crippen LogP contribution < -0.4 is 4.74 Å². The Hall–Kier alpha value is -2.82. The van der Waals surface area contributed by atoms with Crippen molar-refractivity contribution in [2.45, 2.75) is 26.9 Å². The summed E-state index contributed by atoms with van der Waals surface area (Å²) in [6.45, 7) is 4.27. The Morgan fingerprint density at radius 3 is 2.40 bits per heavy atom. The first kappa shape index (κ1) is 18.5. The van der Waals surface area contributed by atoms with Crippen molar-refractivity contribution in [1.29, 1.82) is 0 Å². The molecule has 0 bridgehead atoms. The van der Waals surface area contributed by atoms with Gasteiger partial charge >= 0.3 is 11.9 Å². The van der Waals surface area contributed by atoms with Crippen molar-refractivity contribution in [3.05, 3.63) is 64.7 Å². The summed E-state index contributed by atoms with van der Waals surface area (Å²) in [5.74, 6) is 0.0325. The molecule has 0 aliphatic heterocycles. The summed E-state index contributed by atoms with van der Waals surface area (Å²) >= 11 is 0. The van der Waals surface area contributed by atoms with Crippen LogP contribution in [0.15, 0.2) is 42.5 Å². The predicted octanol–water partition coefficient (Wildman–Crippen LogP) is 3.47. The van der Waals surface area contributed by atoms with Gasteiger partial charge in [-0.2, -0.15) is 0 Å². The van der Waals surface area contributed by atoms with Crippen LogP contribution in [0, 0.1) is 6.92 Å². The molecule has 0 heterocycles. The SMILES string of the molecule is CCOC(=O)Cc1ccc(OCc2cccc(C)c2C(=O)OC)cc1. The quantitative estimate of drug-likeness (QED) is 0.721. The molecule has 2 rings (SSSR count). The number of hydrogen-bond acceptors (Lipinski definition) is 5. The van der Waals surface area contributed by atoms with Crippen molar-refractivity contribution in [2.24, 2.45) is 0 Å². The van der Waals surface area contributed by atoms with Gasteiger partial charge in [0.15, 0.2) is 0 Å². The van der Waals surface area contributed by atoms with Gasteiger partial charge in [0.05, 0.1) is 25.7 Å². The van der Waals surface area contributed by atoms with E-state index in [4.69, 9.17) is 14.2 Å². The molecule has 0 atom stereocenters. The van der Waals surface area contributed by atoms with Crippen molar-refractivity contribution >= 4 is 11.9 Å². The first-order valence-electron chi connectivity index (χ1n) is 8.09. The van der Waals surface area contributed by atoms with Gasteiger partial charge in [-0.1, -0.05) is 30.3 Å². The lowest BCUT2D eigenvalue weighted by atomic mass is 10.0. The molecule has 0 N–H and O–H groups in total. The van der Waals surface area contributed by atoms with Crippen molar-refractivity contribution in [3.8, 4) is 5.75 Å². The topological polar surface area (TPSA) is 61.8 Å². The molecular weight excluding hydrogens is 320 g/mol. The largest absolute Gasteiger partial charge is 0.489 e. The Kier molecular flexibility index (Phi) is 6.57. The van der Waals surface area contributed by atoms with E-state index in [-0.39, 0.29) is 25.0 Å². The lowest BCUT2D eigenvalue weighted by Crippen LogP contribution is -2.10. The highest BCUT2D eigenvalue weighted by molar-refractivity contribution is 5.92. The highest BCUT2D eigenvalue weighted by Crippen LogP contribution is 2.19. The molecule has 5 heteroatoms. The summed E-state index contributed by atoms with van der Waals surface area (Å²) in [7, 11) is 1.36. The maximum absolute atomic E-state index is 11.9. The molecule has 0 fully saturated rings. The van der Waals surface area contributed by atoms with Crippen LogP contribution in [0.25, 0.3) is 0 Å². The molecule has 0 aromatic heterocycles. The molecule has 0 spiro atoms. The predicted molar refractivity (Wildman–Crippen MR) is 93.6 cm³/mol. The molecule has 0 unspecified atom stereocenters. The first-order valence-corrected chi connectivity index (χ1v) is 8.09. The summed E-state index contributed by atoms with van der Waals surface area (Å²) in [5.41, 5.74) is 3.00. The molecule has 0 aliphatic carbocycles. The Morgan fingerprint density at radius 1 is 1.04 bits per heavy atom. The van der Waals surface area contributed by atoms with Crippen molar-refractivity contribution in [3.63, 3.8) is 0 Å². The van der Waals surface area contributed by atoms with Crippen LogP contribution in [0.2, 0.25) is 0 Å². The third kappa shape index (κ3) is 5.08. The molecule has 2 aromatic carbocycles. The Balaban J connectivity index is 2.04. The smallest absolute Gasteiger partial charge is 0.338 e. The molecule has 0 saturated carbocycles. The number of methoxy groups -OCH3 is 1. The van der Waals surface area contributed by atoms with Crippen LogP contribution >= 0.6 is 0 Å². The third-order valence-electron chi connectivity index (χ3n) is 3.72. The van der Waals surface area contributed by atoms with E-state index in [9.17, 15) is 9.59 Å². The zero-order chi connectivity index (χ0) is 18.2. The van der Waals surface area contributed by atoms with Gasteiger partial charge in [-0.25, -0.2) is 4.79 Å². The fourth-order valence-corrected chi connectivity index (χ4v) is 2.49. The van der Waals surface area contributed by atoms with E-state index in [1.165, 1.54) is 7.11 Å². The van der Waals surface area contributed by atoms with Crippen LogP contribution in [0.3, 0.4) is 0 Å². The number of aryl methyl sites for hydroxylation is 1. The number of carbonyl (C=O) groups is 2. The van der Waals surface area contributed by atoms with Crippen molar-refractivity contribution in [1.82, 2.24) is 0 Å². The molecule has 25 heavy (non-hydrogen) atoms. The number of benzene rings is 2. The second-order valence-corrected chi connectivity index (χ2v) is 5.52. The fourth-order valence-electron chi connectivity index (χ4n) is 2.49. The van der Waals surface area contributed by atoms with Gasteiger partial charge in [-0.3, -0.25) is 4.79 Å². The third-order valence-corrected chi connectivity index (χ3v) is 3.72. The van der Waals surface area contributed by atoms with Crippen LogP contribution in [0.5, 0.6) is 5.75 Å². The van der Waals surface area contributed by atoms with E-state index in [0.717, 1.165) is 16.7 Å². The Bertz CT molecular complexity index is 734. The average molecular weight is 342 g/mol. The van der Waals surface area contributed by atoms with Gasteiger partial charge in [0.25, 0.3) is 0 Å². The normalized spacial score (nSPS) is 10.2. The van der Waals surface area contributed by atoms with E-state index >= 15 is 0 Å². The molecule has 2 aromatic rings. The van der Waals surface area contributed by atoms with Crippen LogP contribution in [-0.4, -0.2) is 25.7 Å². The Morgan fingerprint density at radius 2 is 1.76 bits per heavy atom. The number of hydrogen-bond donors (Lipinski definition) is 0. The van der Waals surface area contributed by atoms with Crippen LogP contribution in [-0.2, 0) is 27.3 Å². The lowest BCUT2D eigenvalue weighted by molar-refractivity contribution is -0.142. The molecule has 132 valence electrons. The molecular formula is C20H22O5. The van der Waals surface area contributed by atoms with E-state index in [0.29, 0.717) is 17.9 Å². The van der Waals surface area contributed by atoms with Crippen molar-refractivity contribution in [2.75, 3.05) is 13.7 Å². The maximum atomic E-state index is 11.9. The summed E-state index contributed by atoms with van der Waals surface area (Å²) in [6, 6.07) is 12.8. The summed E-state index contributed by atoms with van der Waals surface area (Å²) in [6.07, 6.45) is 0.235. The second kappa shape index (κ2) is 8.87. The summed E-state index contributed by atoms with van der Waals surface area (Å²) < 4.78 is 15.5. The molecule has 0 aliphatic rings. The van der Waals surface area contributed by atoms with E-state index in [2.05, 4.69) is 0 Å². The maximum Gasteiger partial charge on any atom is 0.338 e. The number of rotatable bonds is 7. The zero-order valence-corrected chi connectivity index (χ0v) is 14.7. The van der Waals surface area contributed by atoms with E-state index in [1.54, 1.807) is 19.1 Å². The average Bonchev–Trinajstić information content (AvgIpc) is 2.60. The summed E-state index contributed by atoms with van der Waals surface area (Å²) in [5, 5.41) is 0. The highest BCUT2D eigenvalue weighted by Gasteiger charge is 2.15. The number of carbonyl (C=O) groups excluding carboxylic acids is 2. The van der Waals surface area contributed by atoms with Gasteiger partial charge < -0.3 is 14.2 Å². The highest BCUT2D eigenvalue weighted by atomic mass is 16.5. The minimum absolute atomic E-state index is 0.235. The second-order valence-electron chi connectivity index (χ2n) is 5.52. The lowest BCUT2D eigenvalue weighted by Gasteiger charge is -2.12. The molecule has 0 radical (unpaired) electrons. The van der Waals surface area contributed by atoms with Gasteiger partial charge in [-0.05, 0) is 37.1 Å². The summed E-state index contributed by atoms with van der Waals surface area (Å²) in [4.78, 5) is 23.4. The minimum atomic E-state index is -0.374. The minimum Gasteiger partial charge on any atom is -0.489 e. The monoisotopic (exact) mass is 342 g/mol. The Labute approximate surface area is 147 Å². The fraction of sp³-hybridized carbons (Fsp3) is 0.300. The van der Waals surface area contributed by atoms with E-state index in [1.807, 2.05) is 37.3 Å². The zero-order valence-electron chi connectivity index (χ0n) is 14.7. The molecule has 0 amide bonds. The first-order chi connectivity index (χ1) is 12.0. The van der Waals surface area contributed by atoms with Gasteiger partial charge in [0.2, 0.25) is 0 Å². The number of ether oxygens (including phenoxy) is 3. The van der Waals surface area contributed by atoms with Crippen LogP contribution in [0.4, 0.5) is 0 Å².